The second-order valence-corrected chi connectivity index (χ2v) is 6.55. The summed E-state index contributed by atoms with van der Waals surface area (Å²) in [6, 6.07) is 6.36. The number of carbonyl (C=O) groups excluding carboxylic acids is 1. The predicted molar refractivity (Wildman–Crippen MR) is 95.8 cm³/mol. The minimum Gasteiger partial charge on any atom is -0.355 e. The number of hydrogen-bond donors (Lipinski definition) is 1. The number of aromatic nitrogens is 3. The number of nitrogens with one attached hydrogen (secondary N) is 1. The number of aryl methyl sites for hydroxylation is 1. The van der Waals surface area contributed by atoms with Gasteiger partial charge < -0.3 is 9.84 Å². The van der Waals surface area contributed by atoms with Crippen LogP contribution in [-0.4, -0.2) is 20.8 Å². The summed E-state index contributed by atoms with van der Waals surface area (Å²) in [4.78, 5) is 12.4. The van der Waals surface area contributed by atoms with Crippen LogP contribution < -0.4 is 5.32 Å². The Morgan fingerprint density at radius 1 is 1.32 bits per heavy atom. The minimum atomic E-state index is -0.337. The molecule has 130 valence electrons. The molecule has 1 N–H and O–H groups in total. The molecule has 1 unspecified atom stereocenters. The zero-order valence-corrected chi connectivity index (χ0v) is 15.4. The fourth-order valence-corrected chi connectivity index (χ4v) is 2.99. The third-order valence-corrected chi connectivity index (χ3v) is 4.57. The van der Waals surface area contributed by atoms with Gasteiger partial charge >= 0.3 is 0 Å². The van der Waals surface area contributed by atoms with Gasteiger partial charge in [0.15, 0.2) is 11.5 Å². The number of halogens is 2. The summed E-state index contributed by atoms with van der Waals surface area (Å²) in [5.74, 6) is 0.0628. The van der Waals surface area contributed by atoms with Gasteiger partial charge in [0.25, 0.3) is 5.91 Å². The molecule has 1 aromatic carbocycles. The van der Waals surface area contributed by atoms with Crippen molar-refractivity contribution in [2.45, 2.75) is 19.9 Å². The molecule has 0 aliphatic carbocycles. The second-order valence-electron chi connectivity index (χ2n) is 5.70. The molecule has 0 spiro atoms. The van der Waals surface area contributed by atoms with Crippen molar-refractivity contribution in [2.75, 3.05) is 0 Å². The van der Waals surface area contributed by atoms with Gasteiger partial charge in [0.2, 0.25) is 0 Å². The fourth-order valence-electron chi connectivity index (χ4n) is 2.49. The standard InChI is InChI=1S/C17H16Cl2N4O2/c1-9(13-8-20-23(3)10(13)2)21-17(24)15-7-16(25-22-15)12-5-4-11(18)6-14(12)19/h4-9H,1-3H3,(H,21,24). The molecule has 2 aromatic heterocycles. The van der Waals surface area contributed by atoms with E-state index in [1.165, 1.54) is 0 Å². The summed E-state index contributed by atoms with van der Waals surface area (Å²) >= 11 is 12.0. The van der Waals surface area contributed by atoms with Crippen LogP contribution in [-0.2, 0) is 7.05 Å². The highest BCUT2D eigenvalue weighted by atomic mass is 35.5. The second kappa shape index (κ2) is 6.90. The van der Waals surface area contributed by atoms with Crippen molar-refractivity contribution in [1.29, 1.82) is 0 Å². The zero-order chi connectivity index (χ0) is 18.1. The summed E-state index contributed by atoms with van der Waals surface area (Å²) in [5.41, 5.74) is 2.73. The van der Waals surface area contributed by atoms with E-state index in [4.69, 9.17) is 27.7 Å². The maximum Gasteiger partial charge on any atom is 0.273 e. The van der Waals surface area contributed by atoms with Gasteiger partial charge in [0.1, 0.15) is 0 Å². The van der Waals surface area contributed by atoms with Gasteiger partial charge in [-0.2, -0.15) is 5.10 Å². The summed E-state index contributed by atoms with van der Waals surface area (Å²) in [7, 11) is 1.85. The highest BCUT2D eigenvalue weighted by molar-refractivity contribution is 6.36. The molecule has 3 aromatic rings. The lowest BCUT2D eigenvalue weighted by atomic mass is 10.1. The molecule has 1 amide bonds. The van der Waals surface area contributed by atoms with Crippen molar-refractivity contribution in [3.05, 3.63) is 57.5 Å². The third-order valence-electron chi connectivity index (χ3n) is 4.03. The quantitative estimate of drug-likeness (QED) is 0.738. The predicted octanol–water partition coefficient (Wildman–Crippen LogP) is 4.18. The van der Waals surface area contributed by atoms with Crippen LogP contribution >= 0.6 is 23.2 Å². The lowest BCUT2D eigenvalue weighted by Crippen LogP contribution is -2.27. The average molecular weight is 379 g/mol. The molecule has 1 atom stereocenters. The molecule has 0 saturated carbocycles. The highest BCUT2D eigenvalue weighted by Gasteiger charge is 2.19. The first kappa shape index (κ1) is 17.5. The van der Waals surface area contributed by atoms with E-state index in [0.717, 1.165) is 11.3 Å². The normalized spacial score (nSPS) is 12.2. The van der Waals surface area contributed by atoms with Crippen LogP contribution in [0.15, 0.2) is 35.0 Å². The number of carbonyl (C=O) groups is 1. The summed E-state index contributed by atoms with van der Waals surface area (Å²) in [5, 5.41) is 11.8. The van der Waals surface area contributed by atoms with Crippen LogP contribution in [0.25, 0.3) is 11.3 Å². The lowest BCUT2D eigenvalue weighted by molar-refractivity contribution is 0.0930. The highest BCUT2D eigenvalue weighted by Crippen LogP contribution is 2.30. The van der Waals surface area contributed by atoms with Crippen molar-refractivity contribution in [3.8, 4) is 11.3 Å². The molecule has 0 aliphatic rings. The van der Waals surface area contributed by atoms with Gasteiger partial charge in [-0.3, -0.25) is 9.48 Å². The van der Waals surface area contributed by atoms with Gasteiger partial charge in [0.05, 0.1) is 17.3 Å². The third kappa shape index (κ3) is 3.55. The molecular formula is C17H16Cl2N4O2. The first-order valence-corrected chi connectivity index (χ1v) is 8.34. The number of hydrogen-bond acceptors (Lipinski definition) is 4. The molecule has 0 aliphatic heterocycles. The summed E-state index contributed by atoms with van der Waals surface area (Å²) < 4.78 is 7.01. The van der Waals surface area contributed by atoms with Crippen molar-refractivity contribution in [1.82, 2.24) is 20.3 Å². The molecule has 0 saturated heterocycles. The molecule has 3 rings (SSSR count). The zero-order valence-electron chi connectivity index (χ0n) is 13.9. The van der Waals surface area contributed by atoms with Gasteiger partial charge in [0, 0.05) is 35.0 Å². The maximum atomic E-state index is 12.4. The van der Waals surface area contributed by atoms with E-state index in [2.05, 4.69) is 15.6 Å². The molecule has 0 fully saturated rings. The van der Waals surface area contributed by atoms with Gasteiger partial charge in [-0.1, -0.05) is 28.4 Å². The van der Waals surface area contributed by atoms with Crippen LogP contribution in [0, 0.1) is 6.92 Å². The molecule has 6 nitrogen and oxygen atoms in total. The van der Waals surface area contributed by atoms with E-state index in [1.807, 2.05) is 20.9 Å². The van der Waals surface area contributed by atoms with Crippen LogP contribution in [0.3, 0.4) is 0 Å². The number of amides is 1. The van der Waals surface area contributed by atoms with Crippen molar-refractivity contribution in [3.63, 3.8) is 0 Å². The number of nitrogens with zero attached hydrogens (tertiary/aromatic N) is 3. The molecule has 2 heterocycles. The summed E-state index contributed by atoms with van der Waals surface area (Å²) in [6.07, 6.45) is 1.74. The van der Waals surface area contributed by atoms with Crippen molar-refractivity contribution < 1.29 is 9.32 Å². The minimum absolute atomic E-state index is 0.175. The average Bonchev–Trinajstić information content (AvgIpc) is 3.16. The van der Waals surface area contributed by atoms with Crippen molar-refractivity contribution in [2.24, 2.45) is 7.05 Å². The van der Waals surface area contributed by atoms with E-state index in [9.17, 15) is 4.79 Å². The largest absolute Gasteiger partial charge is 0.355 e. The SMILES string of the molecule is Cc1c(C(C)NC(=O)c2cc(-c3ccc(Cl)cc3Cl)on2)cnn1C. The van der Waals surface area contributed by atoms with Gasteiger partial charge in [-0.15, -0.1) is 0 Å². The maximum absolute atomic E-state index is 12.4. The molecule has 25 heavy (non-hydrogen) atoms. The smallest absolute Gasteiger partial charge is 0.273 e. The van der Waals surface area contributed by atoms with E-state index in [0.29, 0.717) is 21.4 Å². The lowest BCUT2D eigenvalue weighted by Gasteiger charge is -2.12. The molecule has 0 radical (unpaired) electrons. The Bertz CT molecular complexity index is 933. The Kier molecular flexibility index (Phi) is 4.83. The number of benzene rings is 1. The summed E-state index contributed by atoms with van der Waals surface area (Å²) in [6.45, 7) is 3.83. The molecule has 8 heteroatoms. The monoisotopic (exact) mass is 378 g/mol. The van der Waals surface area contributed by atoms with Crippen molar-refractivity contribution >= 4 is 29.1 Å². The Hall–Kier alpha value is -2.31. The first-order chi connectivity index (χ1) is 11.9. The van der Waals surface area contributed by atoms with Gasteiger partial charge in [-0.05, 0) is 32.0 Å². The Morgan fingerprint density at radius 2 is 2.08 bits per heavy atom. The topological polar surface area (TPSA) is 73.0 Å². The Morgan fingerprint density at radius 3 is 2.72 bits per heavy atom. The number of rotatable bonds is 4. The van der Waals surface area contributed by atoms with E-state index in [-0.39, 0.29) is 17.6 Å². The molecular weight excluding hydrogens is 363 g/mol. The van der Waals surface area contributed by atoms with Crippen LogP contribution in [0.4, 0.5) is 0 Å². The van der Waals surface area contributed by atoms with Gasteiger partial charge in [-0.25, -0.2) is 0 Å². The van der Waals surface area contributed by atoms with Crippen LogP contribution in [0.5, 0.6) is 0 Å². The first-order valence-electron chi connectivity index (χ1n) is 7.58. The van der Waals surface area contributed by atoms with Crippen LogP contribution in [0.2, 0.25) is 10.0 Å². The fraction of sp³-hybridized carbons (Fsp3) is 0.235. The Balaban J connectivity index is 1.77. The van der Waals surface area contributed by atoms with E-state index >= 15 is 0 Å². The van der Waals surface area contributed by atoms with E-state index < -0.39 is 0 Å². The van der Waals surface area contributed by atoms with E-state index in [1.54, 1.807) is 35.1 Å². The van der Waals surface area contributed by atoms with Crippen LogP contribution in [0.1, 0.15) is 34.7 Å². The molecule has 0 bridgehead atoms. The Labute approximate surface area is 154 Å².